The molecule has 3 aromatic rings. The standard InChI is InChI=1S/C23H27NO5S/c1-4-16(2)28-29-22(25)10-7-18-5-8-20(9-6-18)26-13-11-21-17(3)27-23(24-21)19-12-14-30-15-19/h5-6,8-9,12,14-16H,4,7,10-11,13H2,1-3H3. The molecule has 0 bridgehead atoms. The minimum atomic E-state index is -0.361. The van der Waals surface area contributed by atoms with E-state index in [4.69, 9.17) is 18.9 Å². The lowest BCUT2D eigenvalue weighted by atomic mass is 10.1. The maximum absolute atomic E-state index is 11.7. The number of aromatic nitrogens is 1. The Bertz CT molecular complexity index is 918. The van der Waals surface area contributed by atoms with Crippen molar-refractivity contribution in [3.8, 4) is 17.2 Å². The van der Waals surface area contributed by atoms with E-state index < -0.39 is 0 Å². The first kappa shape index (κ1) is 22.1. The van der Waals surface area contributed by atoms with E-state index in [1.807, 2.05) is 61.9 Å². The lowest BCUT2D eigenvalue weighted by Gasteiger charge is -2.09. The molecule has 0 fully saturated rings. The van der Waals surface area contributed by atoms with Crippen LogP contribution in [0.5, 0.6) is 5.75 Å². The van der Waals surface area contributed by atoms with Crippen molar-refractivity contribution in [2.45, 2.75) is 52.6 Å². The zero-order valence-electron chi connectivity index (χ0n) is 17.6. The van der Waals surface area contributed by atoms with Gasteiger partial charge in [-0.25, -0.2) is 9.78 Å². The average Bonchev–Trinajstić information content (AvgIpc) is 3.41. The van der Waals surface area contributed by atoms with Crippen LogP contribution in [0, 0.1) is 6.92 Å². The summed E-state index contributed by atoms with van der Waals surface area (Å²) in [5.41, 5.74) is 2.95. The summed E-state index contributed by atoms with van der Waals surface area (Å²) in [5, 5.41) is 4.02. The number of aryl methyl sites for hydroxylation is 2. The molecule has 2 heterocycles. The number of thiophene rings is 1. The van der Waals surface area contributed by atoms with E-state index >= 15 is 0 Å². The molecular formula is C23H27NO5S. The van der Waals surface area contributed by atoms with Gasteiger partial charge in [0.15, 0.2) is 0 Å². The van der Waals surface area contributed by atoms with Gasteiger partial charge in [-0.05, 0) is 55.8 Å². The first-order valence-electron chi connectivity index (χ1n) is 10.1. The molecule has 2 aromatic heterocycles. The van der Waals surface area contributed by atoms with Crippen molar-refractivity contribution in [1.82, 2.24) is 4.98 Å². The maximum atomic E-state index is 11.7. The fourth-order valence-corrected chi connectivity index (χ4v) is 3.31. The van der Waals surface area contributed by atoms with Crippen LogP contribution < -0.4 is 4.74 Å². The van der Waals surface area contributed by atoms with Gasteiger partial charge in [0.1, 0.15) is 17.6 Å². The van der Waals surface area contributed by atoms with Crippen LogP contribution in [0.3, 0.4) is 0 Å². The molecule has 1 atom stereocenters. The van der Waals surface area contributed by atoms with Crippen LogP contribution in [0.15, 0.2) is 45.5 Å². The average molecular weight is 430 g/mol. The summed E-state index contributed by atoms with van der Waals surface area (Å²) < 4.78 is 11.6. The van der Waals surface area contributed by atoms with Gasteiger partial charge in [-0.1, -0.05) is 19.1 Å². The number of rotatable bonds is 11. The van der Waals surface area contributed by atoms with Crippen molar-refractivity contribution in [3.63, 3.8) is 0 Å². The van der Waals surface area contributed by atoms with E-state index in [1.165, 1.54) is 0 Å². The number of hydrogen-bond acceptors (Lipinski definition) is 7. The first-order valence-corrected chi connectivity index (χ1v) is 11.1. The third-order valence-electron chi connectivity index (χ3n) is 4.69. The van der Waals surface area contributed by atoms with Crippen molar-refractivity contribution in [1.29, 1.82) is 0 Å². The van der Waals surface area contributed by atoms with Crippen LogP contribution in [-0.2, 0) is 27.4 Å². The van der Waals surface area contributed by atoms with E-state index in [0.717, 1.165) is 34.8 Å². The smallest absolute Gasteiger partial charge is 0.342 e. The summed E-state index contributed by atoms with van der Waals surface area (Å²) >= 11 is 1.62. The third-order valence-corrected chi connectivity index (χ3v) is 5.37. The lowest BCUT2D eigenvalue weighted by Crippen LogP contribution is -2.13. The Morgan fingerprint density at radius 2 is 2.00 bits per heavy atom. The number of ether oxygens (including phenoxy) is 1. The molecule has 0 aliphatic heterocycles. The molecular weight excluding hydrogens is 402 g/mol. The summed E-state index contributed by atoms with van der Waals surface area (Å²) in [4.78, 5) is 26.1. The number of benzene rings is 1. The zero-order valence-corrected chi connectivity index (χ0v) is 18.4. The minimum absolute atomic E-state index is 0.0892. The number of hydrogen-bond donors (Lipinski definition) is 0. The largest absolute Gasteiger partial charge is 0.493 e. The molecule has 160 valence electrons. The van der Waals surface area contributed by atoms with Crippen LogP contribution in [0.25, 0.3) is 11.5 Å². The Morgan fingerprint density at radius 3 is 2.70 bits per heavy atom. The van der Waals surface area contributed by atoms with Crippen LogP contribution >= 0.6 is 11.3 Å². The predicted octanol–water partition coefficient (Wildman–Crippen LogP) is 5.54. The topological polar surface area (TPSA) is 70.8 Å². The van der Waals surface area contributed by atoms with Crippen LogP contribution in [0.1, 0.15) is 43.7 Å². The summed E-state index contributed by atoms with van der Waals surface area (Å²) in [6, 6.07) is 9.71. The second-order valence-corrected chi connectivity index (χ2v) is 7.83. The zero-order chi connectivity index (χ0) is 21.3. The molecule has 0 amide bonds. The molecule has 7 heteroatoms. The summed E-state index contributed by atoms with van der Waals surface area (Å²) in [7, 11) is 0. The van der Waals surface area contributed by atoms with Crippen LogP contribution in [0.2, 0.25) is 0 Å². The van der Waals surface area contributed by atoms with Gasteiger partial charge in [0.25, 0.3) is 0 Å². The molecule has 0 spiro atoms. The number of oxazole rings is 1. The Kier molecular flexibility index (Phi) is 8.04. The Morgan fingerprint density at radius 1 is 1.20 bits per heavy atom. The third kappa shape index (κ3) is 6.43. The van der Waals surface area contributed by atoms with Gasteiger partial charge < -0.3 is 9.15 Å². The summed E-state index contributed by atoms with van der Waals surface area (Å²) in [5.74, 6) is 1.89. The normalized spacial score (nSPS) is 12.0. The highest BCUT2D eigenvalue weighted by atomic mass is 32.1. The lowest BCUT2D eigenvalue weighted by molar-refractivity contribution is -0.294. The van der Waals surface area contributed by atoms with E-state index in [-0.39, 0.29) is 18.5 Å². The molecule has 0 aliphatic carbocycles. The fourth-order valence-electron chi connectivity index (χ4n) is 2.68. The van der Waals surface area contributed by atoms with Crippen LogP contribution in [-0.4, -0.2) is 23.7 Å². The second kappa shape index (κ2) is 10.9. The summed E-state index contributed by atoms with van der Waals surface area (Å²) in [6.45, 7) is 6.26. The van der Waals surface area contributed by atoms with Gasteiger partial charge in [-0.2, -0.15) is 16.2 Å². The van der Waals surface area contributed by atoms with Crippen LogP contribution in [0.4, 0.5) is 0 Å². The van der Waals surface area contributed by atoms with Gasteiger partial charge in [-0.15, -0.1) is 0 Å². The quantitative estimate of drug-likeness (QED) is 0.294. The fraction of sp³-hybridized carbons (Fsp3) is 0.391. The van der Waals surface area contributed by atoms with E-state index in [2.05, 4.69) is 4.98 Å². The molecule has 1 unspecified atom stereocenters. The van der Waals surface area contributed by atoms with E-state index in [1.54, 1.807) is 11.3 Å². The van der Waals surface area contributed by atoms with Gasteiger partial charge in [-0.3, -0.25) is 4.89 Å². The molecule has 6 nitrogen and oxygen atoms in total. The van der Waals surface area contributed by atoms with Gasteiger partial charge >= 0.3 is 5.97 Å². The SMILES string of the molecule is CCC(C)OOC(=O)CCc1ccc(OCCc2nc(-c3ccsc3)oc2C)cc1. The molecule has 0 aliphatic rings. The van der Waals surface area contributed by atoms with Crippen molar-refractivity contribution in [3.05, 3.63) is 58.1 Å². The highest BCUT2D eigenvalue weighted by molar-refractivity contribution is 7.08. The minimum Gasteiger partial charge on any atom is -0.493 e. The Hall–Kier alpha value is -2.64. The second-order valence-electron chi connectivity index (χ2n) is 7.05. The molecule has 30 heavy (non-hydrogen) atoms. The monoisotopic (exact) mass is 429 g/mol. The van der Waals surface area contributed by atoms with Gasteiger partial charge in [0, 0.05) is 17.4 Å². The summed E-state index contributed by atoms with van der Waals surface area (Å²) in [6.07, 6.45) is 2.24. The predicted molar refractivity (Wildman–Crippen MR) is 115 cm³/mol. The number of carbonyl (C=O) groups is 1. The maximum Gasteiger partial charge on any atom is 0.342 e. The van der Waals surface area contributed by atoms with E-state index in [9.17, 15) is 4.79 Å². The van der Waals surface area contributed by atoms with Crippen molar-refractivity contribution in [2.24, 2.45) is 0 Å². The first-order chi connectivity index (χ1) is 14.5. The molecule has 3 rings (SSSR count). The Balaban J connectivity index is 1.41. The number of carbonyl (C=O) groups excluding carboxylic acids is 1. The van der Waals surface area contributed by atoms with Crippen molar-refractivity contribution >= 4 is 17.3 Å². The molecule has 0 saturated heterocycles. The number of nitrogens with zero attached hydrogens (tertiary/aromatic N) is 1. The molecule has 0 N–H and O–H groups in total. The van der Waals surface area contributed by atoms with Gasteiger partial charge in [0.05, 0.1) is 18.7 Å². The Labute approximate surface area is 180 Å². The van der Waals surface area contributed by atoms with E-state index in [0.29, 0.717) is 25.3 Å². The van der Waals surface area contributed by atoms with Gasteiger partial charge in [0.2, 0.25) is 5.89 Å². The van der Waals surface area contributed by atoms with Crippen molar-refractivity contribution < 1.29 is 23.7 Å². The highest BCUT2D eigenvalue weighted by Gasteiger charge is 2.12. The highest BCUT2D eigenvalue weighted by Crippen LogP contribution is 2.24. The molecule has 1 aromatic carbocycles. The molecule has 0 radical (unpaired) electrons. The van der Waals surface area contributed by atoms with Crippen molar-refractivity contribution in [2.75, 3.05) is 6.61 Å². The molecule has 0 saturated carbocycles.